The summed E-state index contributed by atoms with van der Waals surface area (Å²) in [7, 11) is 1.97. The van der Waals surface area contributed by atoms with Crippen LogP contribution in [0.3, 0.4) is 0 Å². The largest absolute Gasteiger partial charge is 0.458 e. The summed E-state index contributed by atoms with van der Waals surface area (Å²) < 4.78 is 5.65. The molecule has 108 valence electrons. The average molecular weight is 273 g/mol. The maximum atomic E-state index is 12.7. The van der Waals surface area contributed by atoms with Crippen molar-refractivity contribution < 1.29 is 9.53 Å². The average Bonchev–Trinajstić information content (AvgIpc) is 2.36. The number of rotatable bonds is 3. The van der Waals surface area contributed by atoms with Crippen LogP contribution < -0.4 is 0 Å². The van der Waals surface area contributed by atoms with E-state index in [1.807, 2.05) is 52.1 Å². The van der Waals surface area contributed by atoms with Crippen LogP contribution in [0.15, 0.2) is 30.8 Å². The van der Waals surface area contributed by atoms with Crippen LogP contribution >= 0.6 is 0 Å². The van der Waals surface area contributed by atoms with Crippen molar-refractivity contribution in [1.29, 1.82) is 0 Å². The monoisotopic (exact) mass is 273 g/mol. The van der Waals surface area contributed by atoms with Crippen LogP contribution in [0.4, 0.5) is 0 Å². The fourth-order valence-electron chi connectivity index (χ4n) is 2.68. The number of nitrogens with zero attached hydrogens (tertiary/aromatic N) is 1. The van der Waals surface area contributed by atoms with Crippen LogP contribution in [-0.4, -0.2) is 30.1 Å². The van der Waals surface area contributed by atoms with Crippen LogP contribution in [-0.2, 0) is 15.1 Å². The van der Waals surface area contributed by atoms with Gasteiger partial charge in [0.2, 0.25) is 0 Å². The van der Waals surface area contributed by atoms with Crippen molar-refractivity contribution in [3.63, 3.8) is 0 Å². The standard InChI is InChI=1S/C17H23NO2/c1-6-13-9-7-8-10-14(13)17(11-12-18(17)5)15(19)20-16(2,3)4/h6-10H,1,11-12H2,2-5H3/t17-/m1/s1. The Kier molecular flexibility index (Phi) is 3.74. The Morgan fingerprint density at radius 3 is 2.50 bits per heavy atom. The first kappa shape index (κ1) is 14.8. The van der Waals surface area contributed by atoms with Crippen molar-refractivity contribution in [2.75, 3.05) is 13.6 Å². The van der Waals surface area contributed by atoms with E-state index in [-0.39, 0.29) is 5.97 Å². The van der Waals surface area contributed by atoms with Gasteiger partial charge in [-0.3, -0.25) is 4.90 Å². The summed E-state index contributed by atoms with van der Waals surface area (Å²) in [5.74, 6) is -0.173. The smallest absolute Gasteiger partial charge is 0.331 e. The summed E-state index contributed by atoms with van der Waals surface area (Å²) in [4.78, 5) is 14.8. The lowest BCUT2D eigenvalue weighted by Gasteiger charge is -2.50. The Hall–Kier alpha value is -1.61. The van der Waals surface area contributed by atoms with E-state index in [2.05, 4.69) is 11.5 Å². The van der Waals surface area contributed by atoms with Gasteiger partial charge in [0.05, 0.1) is 0 Å². The minimum Gasteiger partial charge on any atom is -0.458 e. The molecular weight excluding hydrogens is 250 g/mol. The molecule has 0 radical (unpaired) electrons. The second-order valence-electron chi connectivity index (χ2n) is 6.33. The van der Waals surface area contributed by atoms with Crippen LogP contribution in [0.25, 0.3) is 6.08 Å². The van der Waals surface area contributed by atoms with Gasteiger partial charge in [0.25, 0.3) is 0 Å². The lowest BCUT2D eigenvalue weighted by molar-refractivity contribution is -0.179. The summed E-state index contributed by atoms with van der Waals surface area (Å²) in [5.41, 5.74) is 0.824. The summed E-state index contributed by atoms with van der Waals surface area (Å²) in [6, 6.07) is 7.90. The van der Waals surface area contributed by atoms with E-state index in [1.165, 1.54) is 0 Å². The summed E-state index contributed by atoms with van der Waals surface area (Å²) in [6.07, 6.45) is 2.58. The minimum absolute atomic E-state index is 0.173. The highest BCUT2D eigenvalue weighted by Crippen LogP contribution is 2.43. The third-order valence-corrected chi connectivity index (χ3v) is 3.82. The van der Waals surface area contributed by atoms with Crippen molar-refractivity contribution in [1.82, 2.24) is 4.90 Å². The van der Waals surface area contributed by atoms with Crippen LogP contribution in [0, 0.1) is 0 Å². The molecule has 1 aliphatic rings. The summed E-state index contributed by atoms with van der Waals surface area (Å²) >= 11 is 0. The maximum absolute atomic E-state index is 12.7. The highest BCUT2D eigenvalue weighted by molar-refractivity contribution is 5.85. The number of likely N-dealkylation sites (tertiary alicyclic amines) is 1. The van der Waals surface area contributed by atoms with E-state index in [0.29, 0.717) is 0 Å². The van der Waals surface area contributed by atoms with Gasteiger partial charge in [0.1, 0.15) is 11.1 Å². The molecule has 1 atom stereocenters. The highest BCUT2D eigenvalue weighted by Gasteiger charge is 2.53. The second-order valence-corrected chi connectivity index (χ2v) is 6.33. The van der Waals surface area contributed by atoms with E-state index in [9.17, 15) is 4.79 Å². The number of hydrogen-bond acceptors (Lipinski definition) is 3. The van der Waals surface area contributed by atoms with E-state index < -0.39 is 11.1 Å². The van der Waals surface area contributed by atoms with Gasteiger partial charge in [-0.05, 0) is 45.4 Å². The first-order chi connectivity index (χ1) is 9.31. The highest BCUT2D eigenvalue weighted by atomic mass is 16.6. The number of likely N-dealkylation sites (N-methyl/N-ethyl adjacent to an activating group) is 1. The van der Waals surface area contributed by atoms with Gasteiger partial charge in [-0.2, -0.15) is 0 Å². The Morgan fingerprint density at radius 2 is 2.05 bits per heavy atom. The fraction of sp³-hybridized carbons (Fsp3) is 0.471. The zero-order valence-electron chi connectivity index (χ0n) is 12.8. The lowest BCUT2D eigenvalue weighted by Crippen LogP contribution is -2.61. The molecule has 1 aromatic rings. The van der Waals surface area contributed by atoms with Gasteiger partial charge in [0, 0.05) is 6.54 Å². The molecule has 2 rings (SSSR count). The molecule has 1 aromatic carbocycles. The van der Waals surface area contributed by atoms with E-state index >= 15 is 0 Å². The van der Waals surface area contributed by atoms with Gasteiger partial charge in [-0.25, -0.2) is 4.79 Å². The molecule has 20 heavy (non-hydrogen) atoms. The van der Waals surface area contributed by atoms with Crippen molar-refractivity contribution in [2.45, 2.75) is 38.3 Å². The van der Waals surface area contributed by atoms with E-state index in [4.69, 9.17) is 4.74 Å². The van der Waals surface area contributed by atoms with Crippen molar-refractivity contribution in [3.05, 3.63) is 42.0 Å². The quantitative estimate of drug-likeness (QED) is 0.792. The predicted molar refractivity (Wildman–Crippen MR) is 81.3 cm³/mol. The molecule has 3 nitrogen and oxygen atoms in total. The normalized spacial score (nSPS) is 23.0. The molecule has 0 bridgehead atoms. The van der Waals surface area contributed by atoms with Gasteiger partial charge < -0.3 is 4.74 Å². The SMILES string of the molecule is C=Cc1ccccc1[C@@]1(C(=O)OC(C)(C)C)CCN1C. The topological polar surface area (TPSA) is 29.5 Å². The molecule has 0 unspecified atom stereocenters. The Bertz CT molecular complexity index is 530. The molecule has 1 heterocycles. The van der Waals surface area contributed by atoms with Crippen LogP contribution in [0.2, 0.25) is 0 Å². The number of ether oxygens (including phenoxy) is 1. The molecule has 0 N–H and O–H groups in total. The van der Waals surface area contributed by atoms with E-state index in [1.54, 1.807) is 6.08 Å². The molecular formula is C17H23NO2. The zero-order chi connectivity index (χ0) is 15.0. The third-order valence-electron chi connectivity index (χ3n) is 3.82. The zero-order valence-corrected chi connectivity index (χ0v) is 12.8. The van der Waals surface area contributed by atoms with Crippen LogP contribution in [0.5, 0.6) is 0 Å². The van der Waals surface area contributed by atoms with Crippen LogP contribution in [0.1, 0.15) is 38.3 Å². The molecule has 1 fully saturated rings. The lowest BCUT2D eigenvalue weighted by atomic mass is 9.76. The Labute approximate surface area is 121 Å². The Morgan fingerprint density at radius 1 is 1.40 bits per heavy atom. The molecule has 3 heteroatoms. The molecule has 0 saturated carbocycles. The van der Waals surface area contributed by atoms with Gasteiger partial charge in [-0.15, -0.1) is 0 Å². The first-order valence-electron chi connectivity index (χ1n) is 6.98. The van der Waals surface area contributed by atoms with Gasteiger partial charge in [0.15, 0.2) is 0 Å². The summed E-state index contributed by atoms with van der Waals surface area (Å²) in [5, 5.41) is 0. The third kappa shape index (κ3) is 2.38. The fourth-order valence-corrected chi connectivity index (χ4v) is 2.68. The molecule has 0 aromatic heterocycles. The molecule has 0 aliphatic carbocycles. The second kappa shape index (κ2) is 5.06. The minimum atomic E-state index is -0.669. The Balaban J connectivity index is 2.46. The number of benzene rings is 1. The van der Waals surface area contributed by atoms with Crippen molar-refractivity contribution >= 4 is 12.0 Å². The summed E-state index contributed by atoms with van der Waals surface area (Å²) in [6.45, 7) is 10.4. The predicted octanol–water partition coefficient (Wildman–Crippen LogP) is 3.20. The molecule has 0 spiro atoms. The number of esters is 1. The van der Waals surface area contributed by atoms with Crippen molar-refractivity contribution in [2.24, 2.45) is 0 Å². The molecule has 1 aliphatic heterocycles. The maximum Gasteiger partial charge on any atom is 0.331 e. The first-order valence-corrected chi connectivity index (χ1v) is 6.98. The molecule has 0 amide bonds. The molecule has 1 saturated heterocycles. The van der Waals surface area contributed by atoms with E-state index in [0.717, 1.165) is 24.1 Å². The van der Waals surface area contributed by atoms with Gasteiger partial charge in [-0.1, -0.05) is 36.9 Å². The number of carbonyl (C=O) groups is 1. The van der Waals surface area contributed by atoms with Crippen molar-refractivity contribution in [3.8, 4) is 0 Å². The number of carbonyl (C=O) groups excluding carboxylic acids is 1. The van der Waals surface area contributed by atoms with Gasteiger partial charge >= 0.3 is 5.97 Å². The number of hydrogen-bond donors (Lipinski definition) is 0.